The van der Waals surface area contributed by atoms with Crippen LogP contribution in [0.3, 0.4) is 0 Å². The molecule has 0 bridgehead atoms. The van der Waals surface area contributed by atoms with E-state index in [1.54, 1.807) is 0 Å². The monoisotopic (exact) mass is 550 g/mol. The summed E-state index contributed by atoms with van der Waals surface area (Å²) in [5.41, 5.74) is 0. The summed E-state index contributed by atoms with van der Waals surface area (Å²) in [4.78, 5) is 0. The van der Waals surface area contributed by atoms with Gasteiger partial charge in [-0.15, -0.1) is 0 Å². The van der Waals surface area contributed by atoms with Crippen molar-refractivity contribution in [2.75, 3.05) is 11.5 Å². The number of rotatable bonds is 8. The third-order valence-electron chi connectivity index (χ3n) is 5.00. The van der Waals surface area contributed by atoms with E-state index in [0.29, 0.717) is 0 Å². The maximum absolute atomic E-state index is 3.53. The van der Waals surface area contributed by atoms with E-state index in [1.807, 2.05) is 0 Å². The molecule has 0 aliphatic heterocycles. The van der Waals surface area contributed by atoms with Crippen LogP contribution >= 0.6 is 42.2 Å². The van der Waals surface area contributed by atoms with Gasteiger partial charge in [0.25, 0.3) is 0 Å². The quantitative estimate of drug-likeness (QED) is 0.0974. The van der Waals surface area contributed by atoms with Gasteiger partial charge in [0.15, 0.2) is 0 Å². The fraction of sp³-hybridized carbons (Fsp3) is 0.167. The van der Waals surface area contributed by atoms with Crippen LogP contribution < -0.4 is 15.9 Å². The van der Waals surface area contributed by atoms with Crippen LogP contribution in [0.4, 0.5) is 0 Å². The first-order chi connectivity index (χ1) is 13.2. The Morgan fingerprint density at radius 3 is 1.44 bits per heavy atom. The molecular weight excluding hydrogens is 526 g/mol. The standard InChI is InChI=1S/C24H25BrIP/c25-20-12-1-2-13-21-27(26,22-14-6-3-7-15-22,23-16-8-4-9-17-23)24-18-10-5-11-19-24/h2-11,13-19H,1,12,20-21H2. The Kier molecular flexibility index (Phi) is 7.30. The van der Waals surface area contributed by atoms with Crippen molar-refractivity contribution >= 4 is 58.1 Å². The molecule has 0 radical (unpaired) electrons. The molecule has 0 aromatic heterocycles. The number of unbranched alkanes of at least 4 members (excludes halogenated alkanes) is 1. The molecule has 3 heteroatoms. The first kappa shape index (κ1) is 20.8. The van der Waals surface area contributed by atoms with Gasteiger partial charge in [-0.25, -0.2) is 0 Å². The van der Waals surface area contributed by atoms with Gasteiger partial charge in [-0.3, -0.25) is 0 Å². The first-order valence-electron chi connectivity index (χ1n) is 9.31. The van der Waals surface area contributed by atoms with Crippen LogP contribution in [0.25, 0.3) is 0 Å². The molecule has 0 N–H and O–H groups in total. The van der Waals surface area contributed by atoms with Crippen molar-refractivity contribution in [3.63, 3.8) is 0 Å². The Hall–Kier alpha value is -0.960. The second-order valence-electron chi connectivity index (χ2n) is 6.67. The molecule has 0 aliphatic rings. The summed E-state index contributed by atoms with van der Waals surface area (Å²) in [6.45, 7) is 0. The van der Waals surface area contributed by atoms with Crippen molar-refractivity contribution in [2.24, 2.45) is 0 Å². The predicted octanol–water partition coefficient (Wildman–Crippen LogP) is 6.60. The molecule has 0 spiro atoms. The summed E-state index contributed by atoms with van der Waals surface area (Å²) >= 11 is 6.37. The van der Waals surface area contributed by atoms with Gasteiger partial charge in [-0.1, -0.05) is 0 Å². The Bertz CT molecular complexity index is 763. The van der Waals surface area contributed by atoms with Crippen LogP contribution in [0.1, 0.15) is 12.8 Å². The van der Waals surface area contributed by atoms with E-state index in [-0.39, 0.29) is 0 Å². The summed E-state index contributed by atoms with van der Waals surface area (Å²) in [6.07, 6.45) is 8.10. The molecular formula is C24H25BrIP. The average Bonchev–Trinajstić information content (AvgIpc) is 2.75. The molecule has 3 aromatic carbocycles. The van der Waals surface area contributed by atoms with Crippen molar-refractivity contribution in [3.8, 4) is 0 Å². The molecule has 3 aromatic rings. The molecule has 0 aliphatic carbocycles. The van der Waals surface area contributed by atoms with Crippen LogP contribution in [0.5, 0.6) is 0 Å². The topological polar surface area (TPSA) is 0 Å². The van der Waals surface area contributed by atoms with Crippen LogP contribution in [0, 0.1) is 0 Å². The van der Waals surface area contributed by atoms with Gasteiger partial charge in [-0.2, -0.15) is 0 Å². The van der Waals surface area contributed by atoms with Gasteiger partial charge in [0, 0.05) is 0 Å². The molecule has 0 saturated carbocycles. The number of hydrogen-bond acceptors (Lipinski definition) is 0. The Morgan fingerprint density at radius 1 is 0.667 bits per heavy atom. The Balaban J connectivity index is 2.24. The van der Waals surface area contributed by atoms with Gasteiger partial charge in [0.2, 0.25) is 0 Å². The minimum atomic E-state index is -2.62. The zero-order valence-corrected chi connectivity index (χ0v) is 20.0. The van der Waals surface area contributed by atoms with Crippen LogP contribution in [0.15, 0.2) is 103 Å². The summed E-state index contributed by atoms with van der Waals surface area (Å²) < 4.78 is -2.62. The fourth-order valence-electron chi connectivity index (χ4n) is 3.57. The number of benzene rings is 3. The molecule has 3 rings (SSSR count). The zero-order valence-electron chi connectivity index (χ0n) is 15.3. The number of halogens is 2. The van der Waals surface area contributed by atoms with Crippen molar-refractivity contribution in [3.05, 3.63) is 103 Å². The molecule has 0 heterocycles. The van der Waals surface area contributed by atoms with E-state index >= 15 is 0 Å². The fourth-order valence-corrected chi connectivity index (χ4v) is 11.9. The maximum atomic E-state index is 3.53. The van der Waals surface area contributed by atoms with Crippen molar-refractivity contribution in [1.82, 2.24) is 0 Å². The summed E-state index contributed by atoms with van der Waals surface area (Å²) in [7, 11) is 0. The number of allylic oxidation sites excluding steroid dienone is 2. The van der Waals surface area contributed by atoms with E-state index in [4.69, 9.17) is 0 Å². The van der Waals surface area contributed by atoms with E-state index in [9.17, 15) is 0 Å². The molecule has 0 saturated heterocycles. The van der Waals surface area contributed by atoms with Crippen molar-refractivity contribution < 1.29 is 0 Å². The Labute approximate surface area is 184 Å². The first-order valence-corrected chi connectivity index (χ1v) is 15.6. The normalized spacial score (nSPS) is 13.3. The molecule has 0 fully saturated rings. The molecule has 27 heavy (non-hydrogen) atoms. The average molecular weight is 551 g/mol. The molecule has 140 valence electrons. The second kappa shape index (κ2) is 9.49. The van der Waals surface area contributed by atoms with Crippen LogP contribution in [-0.4, -0.2) is 11.5 Å². The summed E-state index contributed by atoms with van der Waals surface area (Å²) in [5, 5.41) is 5.37. The van der Waals surface area contributed by atoms with Crippen LogP contribution in [0.2, 0.25) is 0 Å². The molecule has 0 amide bonds. The second-order valence-corrected chi connectivity index (χ2v) is 18.1. The Morgan fingerprint density at radius 2 is 1.07 bits per heavy atom. The van der Waals surface area contributed by atoms with E-state index in [0.717, 1.165) is 17.9 Å². The zero-order chi connectivity index (χ0) is 19.0. The van der Waals surface area contributed by atoms with Gasteiger partial charge < -0.3 is 0 Å². The van der Waals surface area contributed by atoms with E-state index in [1.165, 1.54) is 22.3 Å². The van der Waals surface area contributed by atoms with Crippen LogP contribution in [-0.2, 0) is 0 Å². The summed E-state index contributed by atoms with van der Waals surface area (Å²) in [6, 6.07) is 33.3. The van der Waals surface area contributed by atoms with E-state index in [2.05, 4.69) is 141 Å². The molecule has 0 unspecified atom stereocenters. The van der Waals surface area contributed by atoms with Gasteiger partial charge in [0.05, 0.1) is 0 Å². The third kappa shape index (κ3) is 4.23. The van der Waals surface area contributed by atoms with Gasteiger partial charge >= 0.3 is 186 Å². The predicted molar refractivity (Wildman–Crippen MR) is 136 cm³/mol. The summed E-state index contributed by atoms with van der Waals surface area (Å²) in [5.74, 6) is 0. The van der Waals surface area contributed by atoms with Gasteiger partial charge in [0.1, 0.15) is 0 Å². The SMILES string of the molecule is BrCCCC=CCP(I)(c1ccccc1)(c1ccccc1)c1ccccc1. The number of alkyl halides is 1. The van der Waals surface area contributed by atoms with E-state index < -0.39 is 4.25 Å². The third-order valence-corrected chi connectivity index (χ3v) is 16.8. The molecule has 0 nitrogen and oxygen atoms in total. The minimum absolute atomic E-state index is 1.03. The van der Waals surface area contributed by atoms with Crippen molar-refractivity contribution in [1.29, 1.82) is 0 Å². The van der Waals surface area contributed by atoms with Gasteiger partial charge in [-0.05, 0) is 0 Å². The molecule has 0 atom stereocenters. The van der Waals surface area contributed by atoms with Crippen molar-refractivity contribution in [2.45, 2.75) is 12.8 Å². The number of hydrogen-bond donors (Lipinski definition) is 0.